The van der Waals surface area contributed by atoms with Gasteiger partial charge in [-0.3, -0.25) is 9.59 Å². The molecule has 5 nitrogen and oxygen atoms in total. The summed E-state index contributed by atoms with van der Waals surface area (Å²) in [5.41, 5.74) is 6.29. The van der Waals surface area contributed by atoms with Gasteiger partial charge in [0.05, 0.1) is 16.1 Å². The number of hydrogen-bond donors (Lipinski definition) is 3. The van der Waals surface area contributed by atoms with E-state index in [2.05, 4.69) is 10.6 Å². The molecule has 0 aromatic heterocycles. The summed E-state index contributed by atoms with van der Waals surface area (Å²) in [6, 6.07) is 4.96. The van der Waals surface area contributed by atoms with Crippen molar-refractivity contribution in [2.45, 2.75) is 33.6 Å². The van der Waals surface area contributed by atoms with Crippen molar-refractivity contribution in [3.05, 3.63) is 23.2 Å². The molecule has 1 rings (SSSR count). The van der Waals surface area contributed by atoms with Gasteiger partial charge in [-0.05, 0) is 31.0 Å². The molecule has 0 saturated carbocycles. The zero-order valence-electron chi connectivity index (χ0n) is 12.6. The second-order valence-corrected chi connectivity index (χ2v) is 5.43. The Hall–Kier alpha value is -1.59. The molecule has 1 aromatic rings. The van der Waals surface area contributed by atoms with Gasteiger partial charge < -0.3 is 16.4 Å². The van der Waals surface area contributed by atoms with Crippen LogP contribution in [-0.4, -0.2) is 18.4 Å². The number of nitrogens with two attached hydrogens (primary N) is 1. The first kappa shape index (κ1) is 17.5. The molecule has 0 saturated heterocycles. The lowest BCUT2D eigenvalue weighted by molar-refractivity contribution is -0.125. The van der Waals surface area contributed by atoms with Gasteiger partial charge in [0.25, 0.3) is 0 Å². The highest BCUT2D eigenvalue weighted by molar-refractivity contribution is 6.34. The predicted octanol–water partition coefficient (Wildman–Crippen LogP) is 3.00. The number of amides is 2. The van der Waals surface area contributed by atoms with Crippen LogP contribution in [0.4, 0.5) is 11.4 Å². The van der Waals surface area contributed by atoms with Crippen molar-refractivity contribution in [1.29, 1.82) is 0 Å². The van der Waals surface area contributed by atoms with Gasteiger partial charge in [-0.25, -0.2) is 0 Å². The molecule has 116 valence electrons. The number of carbonyl (C=O) groups excluding carboxylic acids is 2. The highest BCUT2D eigenvalue weighted by atomic mass is 35.5. The zero-order valence-corrected chi connectivity index (χ0v) is 13.4. The average Bonchev–Trinajstić information content (AvgIpc) is 2.44. The van der Waals surface area contributed by atoms with Crippen LogP contribution in [-0.2, 0) is 9.59 Å². The lowest BCUT2D eigenvalue weighted by Gasteiger charge is -2.28. The van der Waals surface area contributed by atoms with Crippen molar-refractivity contribution < 1.29 is 9.59 Å². The fourth-order valence-corrected chi connectivity index (χ4v) is 2.33. The van der Waals surface area contributed by atoms with Gasteiger partial charge in [-0.2, -0.15) is 0 Å². The number of benzene rings is 1. The Labute approximate surface area is 130 Å². The minimum absolute atomic E-state index is 0.113. The molecule has 0 spiro atoms. The van der Waals surface area contributed by atoms with E-state index in [1.54, 1.807) is 18.2 Å². The van der Waals surface area contributed by atoms with Crippen molar-refractivity contribution in [3.63, 3.8) is 0 Å². The molecule has 21 heavy (non-hydrogen) atoms. The maximum absolute atomic E-state index is 12.4. The van der Waals surface area contributed by atoms with Crippen LogP contribution in [0.25, 0.3) is 0 Å². The van der Waals surface area contributed by atoms with Gasteiger partial charge in [-0.1, -0.05) is 25.4 Å². The van der Waals surface area contributed by atoms with E-state index in [4.69, 9.17) is 17.3 Å². The lowest BCUT2D eigenvalue weighted by atomic mass is 9.81. The Morgan fingerprint density at radius 2 is 1.86 bits per heavy atom. The molecular formula is C15H22ClN3O2. The first-order valence-corrected chi connectivity index (χ1v) is 7.35. The number of carbonyl (C=O) groups is 2. The fraction of sp³-hybridized carbons (Fsp3) is 0.467. The van der Waals surface area contributed by atoms with Gasteiger partial charge >= 0.3 is 0 Å². The molecule has 1 aromatic carbocycles. The van der Waals surface area contributed by atoms with Crippen LogP contribution in [0.2, 0.25) is 5.02 Å². The van der Waals surface area contributed by atoms with E-state index in [-0.39, 0.29) is 11.8 Å². The molecule has 0 fully saturated rings. The number of nitrogens with one attached hydrogen (secondary N) is 2. The summed E-state index contributed by atoms with van der Waals surface area (Å²) in [4.78, 5) is 23.4. The van der Waals surface area contributed by atoms with Gasteiger partial charge in [0, 0.05) is 19.2 Å². The molecule has 0 aliphatic rings. The van der Waals surface area contributed by atoms with Crippen molar-refractivity contribution in [1.82, 2.24) is 0 Å². The number of halogens is 1. The highest BCUT2D eigenvalue weighted by Crippen LogP contribution is 2.29. The molecule has 6 heteroatoms. The van der Waals surface area contributed by atoms with Gasteiger partial charge in [0.2, 0.25) is 11.8 Å². The molecular weight excluding hydrogens is 290 g/mol. The number of rotatable bonds is 6. The topological polar surface area (TPSA) is 84.2 Å². The summed E-state index contributed by atoms with van der Waals surface area (Å²) < 4.78 is 0. The van der Waals surface area contributed by atoms with E-state index in [9.17, 15) is 9.59 Å². The lowest BCUT2D eigenvalue weighted by Crippen LogP contribution is -2.41. The summed E-state index contributed by atoms with van der Waals surface area (Å²) in [6.07, 6.45) is 1.34. The maximum atomic E-state index is 12.4. The molecule has 0 bridgehead atoms. The van der Waals surface area contributed by atoms with Crippen LogP contribution in [0.15, 0.2) is 18.2 Å². The molecule has 4 N–H and O–H groups in total. The monoisotopic (exact) mass is 311 g/mol. The third-order valence-corrected chi connectivity index (χ3v) is 4.08. The van der Waals surface area contributed by atoms with E-state index in [1.807, 2.05) is 13.8 Å². The predicted molar refractivity (Wildman–Crippen MR) is 86.5 cm³/mol. The van der Waals surface area contributed by atoms with Crippen molar-refractivity contribution in [3.8, 4) is 0 Å². The van der Waals surface area contributed by atoms with E-state index in [1.165, 1.54) is 6.92 Å². The highest BCUT2D eigenvalue weighted by Gasteiger charge is 2.33. The smallest absolute Gasteiger partial charge is 0.231 e. The summed E-state index contributed by atoms with van der Waals surface area (Å²) in [7, 11) is 0. The molecule has 0 unspecified atom stereocenters. The second kappa shape index (κ2) is 7.43. The minimum atomic E-state index is -0.567. The quantitative estimate of drug-likeness (QED) is 0.755. The molecule has 0 radical (unpaired) electrons. The molecule has 2 amide bonds. The van der Waals surface area contributed by atoms with Gasteiger partial charge in [0.15, 0.2) is 0 Å². The summed E-state index contributed by atoms with van der Waals surface area (Å²) in [5.74, 6) is -0.314. The third-order valence-electron chi connectivity index (χ3n) is 3.76. The molecule has 0 atom stereocenters. The first-order chi connectivity index (χ1) is 9.88. The average molecular weight is 312 g/mol. The SMILES string of the molecule is CCC(CC)(CN)C(=O)Nc1ccc(NC(C)=O)c(Cl)c1. The maximum Gasteiger partial charge on any atom is 0.231 e. The van der Waals surface area contributed by atoms with Crippen molar-refractivity contribution in [2.24, 2.45) is 11.1 Å². The zero-order chi connectivity index (χ0) is 16.0. The Bertz CT molecular complexity index is 519. The van der Waals surface area contributed by atoms with Crippen LogP contribution >= 0.6 is 11.6 Å². The van der Waals surface area contributed by atoms with E-state index >= 15 is 0 Å². The molecule has 0 heterocycles. The standard InChI is InChI=1S/C15H22ClN3O2/c1-4-15(5-2,9-17)14(21)19-11-6-7-13(12(16)8-11)18-10(3)20/h6-8H,4-5,9,17H2,1-3H3,(H,18,20)(H,19,21). The van der Waals surface area contributed by atoms with Crippen LogP contribution in [0, 0.1) is 5.41 Å². The number of hydrogen-bond acceptors (Lipinski definition) is 3. The third kappa shape index (κ3) is 4.19. The Morgan fingerprint density at radius 1 is 1.24 bits per heavy atom. The Morgan fingerprint density at radius 3 is 2.29 bits per heavy atom. The summed E-state index contributed by atoms with van der Waals surface area (Å²) in [5, 5.41) is 5.82. The Kier molecular flexibility index (Phi) is 6.18. The van der Waals surface area contributed by atoms with Crippen LogP contribution in [0.3, 0.4) is 0 Å². The van der Waals surface area contributed by atoms with E-state index in [0.29, 0.717) is 35.8 Å². The van der Waals surface area contributed by atoms with Crippen molar-refractivity contribution in [2.75, 3.05) is 17.2 Å². The van der Waals surface area contributed by atoms with Crippen molar-refractivity contribution >= 4 is 34.8 Å². The number of anilines is 2. The van der Waals surface area contributed by atoms with Crippen LogP contribution in [0.1, 0.15) is 33.6 Å². The minimum Gasteiger partial charge on any atom is -0.329 e. The summed E-state index contributed by atoms with van der Waals surface area (Å²) >= 11 is 6.08. The normalized spacial score (nSPS) is 11.1. The molecule has 0 aliphatic heterocycles. The summed E-state index contributed by atoms with van der Waals surface area (Å²) in [6.45, 7) is 5.60. The first-order valence-electron chi connectivity index (χ1n) is 6.97. The second-order valence-electron chi connectivity index (χ2n) is 5.02. The van der Waals surface area contributed by atoms with Crippen LogP contribution < -0.4 is 16.4 Å². The van der Waals surface area contributed by atoms with Gasteiger partial charge in [-0.15, -0.1) is 0 Å². The van der Waals surface area contributed by atoms with Crippen LogP contribution in [0.5, 0.6) is 0 Å². The largest absolute Gasteiger partial charge is 0.329 e. The molecule has 0 aliphatic carbocycles. The van der Waals surface area contributed by atoms with E-state index in [0.717, 1.165) is 0 Å². The van der Waals surface area contributed by atoms with Gasteiger partial charge in [0.1, 0.15) is 0 Å². The fourth-order valence-electron chi connectivity index (χ4n) is 2.10. The Balaban J connectivity index is 2.91. The van der Waals surface area contributed by atoms with E-state index < -0.39 is 5.41 Å².